The third-order valence-corrected chi connectivity index (χ3v) is 7.25. The van der Waals surface area contributed by atoms with Crippen LogP contribution in [-0.2, 0) is 13.5 Å². The summed E-state index contributed by atoms with van der Waals surface area (Å²) in [6.07, 6.45) is 2.05. The summed E-state index contributed by atoms with van der Waals surface area (Å²) in [6.45, 7) is 3.79. The Labute approximate surface area is 199 Å². The summed E-state index contributed by atoms with van der Waals surface area (Å²) in [5, 5.41) is 4.65. The van der Waals surface area contributed by atoms with Crippen molar-refractivity contribution in [2.45, 2.75) is 45.2 Å². The first-order valence-electron chi connectivity index (χ1n) is 11.5. The second-order valence-corrected chi connectivity index (χ2v) is 9.35. The summed E-state index contributed by atoms with van der Waals surface area (Å²) >= 11 is 0. The number of amides is 1. The van der Waals surface area contributed by atoms with Crippen LogP contribution in [0.2, 0.25) is 0 Å². The number of rotatable bonds is 2. The van der Waals surface area contributed by atoms with Gasteiger partial charge in [-0.1, -0.05) is 0 Å². The molecule has 1 amide bonds. The Kier molecular flexibility index (Phi) is 4.74. The summed E-state index contributed by atoms with van der Waals surface area (Å²) in [5.41, 5.74) is 5.97. The summed E-state index contributed by atoms with van der Waals surface area (Å²) in [7, 11) is 1.69. The molecular weight excluding hydrogens is 455 g/mol. The highest BCUT2D eigenvalue weighted by Gasteiger charge is 2.46. The molecule has 2 aromatic heterocycles. The van der Waals surface area contributed by atoms with Crippen molar-refractivity contribution in [2.75, 3.05) is 0 Å². The minimum absolute atomic E-state index is 0.0698. The first kappa shape index (κ1) is 21.8. The van der Waals surface area contributed by atoms with E-state index in [9.17, 15) is 18.0 Å². The smallest absolute Gasteiger partial charge is 0.254 e. The fourth-order valence-corrected chi connectivity index (χ4v) is 5.52. The van der Waals surface area contributed by atoms with Crippen LogP contribution in [-0.4, -0.2) is 36.6 Å². The van der Waals surface area contributed by atoms with Crippen LogP contribution in [0.4, 0.5) is 13.2 Å². The van der Waals surface area contributed by atoms with E-state index in [1.165, 1.54) is 0 Å². The van der Waals surface area contributed by atoms with Crippen molar-refractivity contribution in [3.05, 3.63) is 76.0 Å². The Hall–Kier alpha value is -3.75. The standard InChI is InChI=1S/C26H22F3N5O/c1-12-13(2)31-21-10-14(4-6-20(21)30-12)26(35)34-16-5-7-22(34)24-17(11-16)25(33(3)32-24)15-8-18(27)23(29)19(28)9-15/h4,6,8-10,16,22H,5,7,11H2,1-3H3/t16-,22+/m0/s1. The third-order valence-electron chi connectivity index (χ3n) is 7.25. The molecule has 35 heavy (non-hydrogen) atoms. The Morgan fingerprint density at radius 2 is 1.66 bits per heavy atom. The highest BCUT2D eigenvalue weighted by atomic mass is 19.2. The van der Waals surface area contributed by atoms with Gasteiger partial charge in [-0.3, -0.25) is 9.48 Å². The number of nitrogens with zero attached hydrogens (tertiary/aromatic N) is 5. The maximum atomic E-state index is 14.0. The zero-order valence-electron chi connectivity index (χ0n) is 19.4. The van der Waals surface area contributed by atoms with Gasteiger partial charge in [0.15, 0.2) is 17.5 Å². The number of aromatic nitrogens is 4. The van der Waals surface area contributed by atoms with Crippen molar-refractivity contribution in [3.63, 3.8) is 0 Å². The Bertz CT molecular complexity index is 1520. The average molecular weight is 477 g/mol. The normalized spacial score (nSPS) is 18.9. The van der Waals surface area contributed by atoms with Crippen molar-refractivity contribution in [3.8, 4) is 11.3 Å². The van der Waals surface area contributed by atoms with Crippen LogP contribution in [0.1, 0.15) is 51.9 Å². The molecule has 4 aromatic rings. The number of hydrogen-bond acceptors (Lipinski definition) is 4. The summed E-state index contributed by atoms with van der Waals surface area (Å²) < 4.78 is 43.0. The van der Waals surface area contributed by atoms with Gasteiger partial charge in [-0.15, -0.1) is 0 Å². The molecule has 1 saturated heterocycles. The average Bonchev–Trinajstić information content (AvgIpc) is 3.33. The minimum Gasteiger partial charge on any atom is -0.327 e. The molecule has 0 unspecified atom stereocenters. The number of carbonyl (C=O) groups is 1. The molecule has 0 N–H and O–H groups in total. The number of aryl methyl sites for hydroxylation is 3. The molecule has 0 spiro atoms. The van der Waals surface area contributed by atoms with Gasteiger partial charge in [0.2, 0.25) is 0 Å². The zero-order chi connectivity index (χ0) is 24.6. The number of carbonyl (C=O) groups excluding carboxylic acids is 1. The van der Waals surface area contributed by atoms with Crippen molar-refractivity contribution < 1.29 is 18.0 Å². The highest BCUT2D eigenvalue weighted by molar-refractivity contribution is 5.98. The van der Waals surface area contributed by atoms with Gasteiger partial charge in [0.05, 0.1) is 39.9 Å². The van der Waals surface area contributed by atoms with Crippen molar-refractivity contribution >= 4 is 16.9 Å². The lowest BCUT2D eigenvalue weighted by Crippen LogP contribution is -2.41. The van der Waals surface area contributed by atoms with Crippen LogP contribution in [0.25, 0.3) is 22.3 Å². The van der Waals surface area contributed by atoms with Gasteiger partial charge < -0.3 is 4.90 Å². The number of fused-ring (bicyclic) bond motifs is 5. The molecule has 0 saturated carbocycles. The monoisotopic (exact) mass is 477 g/mol. The number of hydrogen-bond donors (Lipinski definition) is 0. The molecule has 2 atom stereocenters. The lowest BCUT2D eigenvalue weighted by molar-refractivity contribution is 0.0642. The lowest BCUT2D eigenvalue weighted by atomic mass is 9.94. The number of halogens is 3. The van der Waals surface area contributed by atoms with E-state index in [2.05, 4.69) is 15.1 Å². The van der Waals surface area contributed by atoms with Crippen LogP contribution in [0.3, 0.4) is 0 Å². The van der Waals surface area contributed by atoms with Crippen molar-refractivity contribution in [1.29, 1.82) is 0 Å². The minimum atomic E-state index is -1.49. The molecule has 0 radical (unpaired) electrons. The van der Waals surface area contributed by atoms with E-state index >= 15 is 0 Å². The molecule has 9 heteroatoms. The highest BCUT2D eigenvalue weighted by Crippen LogP contribution is 2.46. The Morgan fingerprint density at radius 1 is 0.971 bits per heavy atom. The molecule has 0 aliphatic carbocycles. The van der Waals surface area contributed by atoms with Gasteiger partial charge in [0, 0.05) is 29.8 Å². The fourth-order valence-electron chi connectivity index (χ4n) is 5.52. The molecule has 2 bridgehead atoms. The summed E-state index contributed by atoms with van der Waals surface area (Å²) in [6, 6.07) is 7.05. The second kappa shape index (κ2) is 7.63. The van der Waals surface area contributed by atoms with Crippen molar-refractivity contribution in [1.82, 2.24) is 24.6 Å². The van der Waals surface area contributed by atoms with Gasteiger partial charge in [0.25, 0.3) is 5.91 Å². The first-order valence-corrected chi connectivity index (χ1v) is 11.5. The number of benzene rings is 2. The van der Waals surface area contributed by atoms with Gasteiger partial charge in [-0.25, -0.2) is 23.1 Å². The van der Waals surface area contributed by atoms with Crippen LogP contribution < -0.4 is 0 Å². The molecule has 1 fully saturated rings. The van der Waals surface area contributed by atoms with E-state index in [1.54, 1.807) is 23.9 Å². The maximum absolute atomic E-state index is 14.0. The van der Waals surface area contributed by atoms with E-state index in [4.69, 9.17) is 0 Å². The predicted octanol–water partition coefficient (Wildman–Crippen LogP) is 4.97. The molecule has 6 nitrogen and oxygen atoms in total. The van der Waals surface area contributed by atoms with E-state index < -0.39 is 17.5 Å². The first-order chi connectivity index (χ1) is 16.7. The SMILES string of the molecule is Cc1nc2ccc(C(=O)N3[C@H]4CC[C@@H]3c3nn(C)c(-c5cc(F)c(F)c(F)c5)c3C4)cc2nc1C. The Morgan fingerprint density at radius 3 is 2.37 bits per heavy atom. The second-order valence-electron chi connectivity index (χ2n) is 9.35. The van der Waals surface area contributed by atoms with Gasteiger partial charge in [-0.2, -0.15) is 5.10 Å². The van der Waals surface area contributed by atoms with Gasteiger partial charge >= 0.3 is 0 Å². The Balaban J connectivity index is 1.39. The van der Waals surface area contributed by atoms with Gasteiger partial charge in [0.1, 0.15) is 0 Å². The van der Waals surface area contributed by atoms with Crippen molar-refractivity contribution in [2.24, 2.45) is 7.05 Å². The predicted molar refractivity (Wildman–Crippen MR) is 123 cm³/mol. The van der Waals surface area contributed by atoms with Crippen LogP contribution >= 0.6 is 0 Å². The van der Waals surface area contributed by atoms with E-state index in [0.29, 0.717) is 23.2 Å². The largest absolute Gasteiger partial charge is 0.327 e. The quantitative estimate of drug-likeness (QED) is 0.383. The molecule has 6 rings (SSSR count). The maximum Gasteiger partial charge on any atom is 0.254 e. The molecule has 2 aliphatic rings. The molecule has 2 aliphatic heterocycles. The van der Waals surface area contributed by atoms with Gasteiger partial charge in [-0.05, 0) is 63.4 Å². The summed E-state index contributed by atoms with van der Waals surface area (Å²) in [5.74, 6) is -4.08. The molecule has 4 heterocycles. The van der Waals surface area contributed by atoms with Crippen LogP contribution in [0, 0.1) is 31.3 Å². The van der Waals surface area contributed by atoms with E-state index in [-0.39, 0.29) is 23.6 Å². The molecule has 178 valence electrons. The lowest BCUT2D eigenvalue weighted by Gasteiger charge is -2.34. The van der Waals surface area contributed by atoms with Crippen LogP contribution in [0.5, 0.6) is 0 Å². The third kappa shape index (κ3) is 3.25. The van der Waals surface area contributed by atoms with E-state index in [0.717, 1.165) is 53.1 Å². The molecule has 2 aromatic carbocycles. The zero-order valence-corrected chi connectivity index (χ0v) is 19.4. The van der Waals surface area contributed by atoms with Crippen LogP contribution in [0.15, 0.2) is 30.3 Å². The summed E-state index contributed by atoms with van der Waals surface area (Å²) in [4.78, 5) is 24.7. The van der Waals surface area contributed by atoms with E-state index in [1.807, 2.05) is 24.8 Å². The molecular formula is C26H22F3N5O. The fraction of sp³-hybridized carbons (Fsp3) is 0.308. The topological polar surface area (TPSA) is 63.9 Å².